The molecule has 1 aliphatic heterocycles. The van der Waals surface area contributed by atoms with Crippen LogP contribution in [0.4, 0.5) is 15.0 Å². The predicted molar refractivity (Wildman–Crippen MR) is 114 cm³/mol. The van der Waals surface area contributed by atoms with Crippen LogP contribution in [-0.4, -0.2) is 51.6 Å². The number of carbonyl (C=O) groups is 2. The lowest BCUT2D eigenvalue weighted by Gasteiger charge is -2.20. The smallest absolute Gasteiger partial charge is 0.412 e. The van der Waals surface area contributed by atoms with Crippen LogP contribution in [0.2, 0.25) is 0 Å². The van der Waals surface area contributed by atoms with Crippen molar-refractivity contribution >= 4 is 17.9 Å². The van der Waals surface area contributed by atoms with Crippen molar-refractivity contribution in [3.05, 3.63) is 58.4 Å². The van der Waals surface area contributed by atoms with E-state index in [4.69, 9.17) is 14.2 Å². The fraction of sp³-hybridized carbons (Fsp3) is 0.455. The van der Waals surface area contributed by atoms with E-state index in [1.165, 1.54) is 0 Å². The highest BCUT2D eigenvalue weighted by Gasteiger charge is 2.45. The lowest BCUT2D eigenvalue weighted by molar-refractivity contribution is -0.0357. The third-order valence-electron chi connectivity index (χ3n) is 5.08. The Kier molecular flexibility index (Phi) is 8.12. The minimum Gasteiger partial charge on any atom is -0.453 e. The third kappa shape index (κ3) is 5.93. The zero-order valence-electron chi connectivity index (χ0n) is 18.3. The van der Waals surface area contributed by atoms with Gasteiger partial charge < -0.3 is 19.3 Å². The topological polar surface area (TPSA) is 129 Å². The molecule has 2 N–H and O–H groups in total. The van der Waals surface area contributed by atoms with E-state index in [0.717, 1.165) is 23.6 Å². The van der Waals surface area contributed by atoms with Gasteiger partial charge in [0.15, 0.2) is 24.0 Å². The molecule has 1 aliphatic rings. The number of aliphatic hydroxyl groups excluding tert-OH is 1. The number of hydrogen-bond donors (Lipinski definition) is 2. The molecule has 11 heteroatoms. The number of amides is 1. The second kappa shape index (κ2) is 11.0. The van der Waals surface area contributed by atoms with Crippen LogP contribution in [0, 0.1) is 5.82 Å². The van der Waals surface area contributed by atoms with Crippen LogP contribution in [0.1, 0.15) is 49.7 Å². The van der Waals surface area contributed by atoms with Crippen LogP contribution in [-0.2, 0) is 14.2 Å². The summed E-state index contributed by atoms with van der Waals surface area (Å²) in [6, 6.07) is 8.17. The second-order valence-electron chi connectivity index (χ2n) is 7.55. The number of aliphatic hydroxyl groups is 1. The molecule has 1 aromatic heterocycles. The van der Waals surface area contributed by atoms with E-state index in [9.17, 15) is 23.9 Å². The van der Waals surface area contributed by atoms with E-state index >= 15 is 0 Å². The molecule has 1 fully saturated rings. The third-order valence-corrected chi connectivity index (χ3v) is 5.08. The summed E-state index contributed by atoms with van der Waals surface area (Å²) in [6.45, 7) is 3.70. The predicted octanol–water partition coefficient (Wildman–Crippen LogP) is 2.62. The fourth-order valence-electron chi connectivity index (χ4n) is 3.34. The Morgan fingerprint density at radius 1 is 1.27 bits per heavy atom. The van der Waals surface area contributed by atoms with Crippen LogP contribution in [0.5, 0.6) is 0 Å². The van der Waals surface area contributed by atoms with Gasteiger partial charge >= 0.3 is 17.8 Å². The molecule has 0 bridgehead atoms. The average Bonchev–Trinajstić information content (AvgIpc) is 3.07. The number of ether oxygens (including phenoxy) is 3. The van der Waals surface area contributed by atoms with Gasteiger partial charge in [0.05, 0.1) is 24.5 Å². The summed E-state index contributed by atoms with van der Waals surface area (Å²) in [5.41, 5.74) is -0.703. The Morgan fingerprint density at radius 2 is 2.00 bits per heavy atom. The van der Waals surface area contributed by atoms with Gasteiger partial charge in [-0.2, -0.15) is 4.98 Å². The maximum Gasteiger partial charge on any atom is 0.412 e. The van der Waals surface area contributed by atoms with E-state index in [1.807, 2.05) is 6.92 Å². The summed E-state index contributed by atoms with van der Waals surface area (Å²) in [7, 11) is 0. The van der Waals surface area contributed by atoms with Gasteiger partial charge in [-0.1, -0.05) is 38.0 Å². The minimum absolute atomic E-state index is 0.154. The summed E-state index contributed by atoms with van der Waals surface area (Å²) in [4.78, 5) is 40.1. The zero-order chi connectivity index (χ0) is 24.0. The van der Waals surface area contributed by atoms with Crippen molar-refractivity contribution in [3.63, 3.8) is 0 Å². The Labute approximate surface area is 189 Å². The van der Waals surface area contributed by atoms with E-state index in [-0.39, 0.29) is 12.2 Å². The Hall–Kier alpha value is -3.31. The maximum atomic E-state index is 14.5. The van der Waals surface area contributed by atoms with Crippen LogP contribution in [0.3, 0.4) is 0 Å². The van der Waals surface area contributed by atoms with Crippen molar-refractivity contribution in [2.24, 2.45) is 0 Å². The molecule has 1 amide bonds. The summed E-state index contributed by atoms with van der Waals surface area (Å²) >= 11 is 0. The molecular weight excluding hydrogens is 437 g/mol. The van der Waals surface area contributed by atoms with Gasteiger partial charge in [0.2, 0.25) is 0 Å². The Bertz CT molecular complexity index is 1030. The molecule has 33 heavy (non-hydrogen) atoms. The fourth-order valence-corrected chi connectivity index (χ4v) is 3.34. The molecule has 0 aliphatic carbocycles. The number of aromatic nitrogens is 2. The first-order chi connectivity index (χ1) is 15.8. The van der Waals surface area contributed by atoms with Crippen molar-refractivity contribution in [3.8, 4) is 0 Å². The maximum absolute atomic E-state index is 14.5. The molecule has 178 valence electrons. The normalized spacial score (nSPS) is 22.1. The van der Waals surface area contributed by atoms with Gasteiger partial charge in [-0.3, -0.25) is 9.88 Å². The van der Waals surface area contributed by atoms with Gasteiger partial charge in [-0.25, -0.2) is 18.8 Å². The van der Waals surface area contributed by atoms with Crippen LogP contribution in [0.15, 0.2) is 41.3 Å². The Balaban J connectivity index is 1.69. The largest absolute Gasteiger partial charge is 0.453 e. The molecule has 3 rings (SSSR count). The number of hydrogen-bond acceptors (Lipinski definition) is 8. The molecule has 4 atom stereocenters. The van der Waals surface area contributed by atoms with Crippen molar-refractivity contribution in [1.29, 1.82) is 0 Å². The number of halogens is 1. The van der Waals surface area contributed by atoms with Crippen LogP contribution >= 0.6 is 0 Å². The molecule has 1 aromatic carbocycles. The molecule has 1 saturated heterocycles. The molecule has 0 spiro atoms. The quantitative estimate of drug-likeness (QED) is 0.452. The average molecular weight is 463 g/mol. The van der Waals surface area contributed by atoms with Crippen molar-refractivity contribution in [2.45, 2.75) is 57.6 Å². The molecule has 2 heterocycles. The van der Waals surface area contributed by atoms with E-state index in [2.05, 4.69) is 10.3 Å². The highest BCUT2D eigenvalue weighted by Crippen LogP contribution is 2.31. The first kappa shape index (κ1) is 24.3. The number of esters is 1. The van der Waals surface area contributed by atoms with E-state index in [1.54, 1.807) is 37.3 Å². The molecule has 0 saturated carbocycles. The lowest BCUT2D eigenvalue weighted by Crippen LogP contribution is -2.38. The van der Waals surface area contributed by atoms with Crippen molar-refractivity contribution in [2.75, 3.05) is 11.9 Å². The first-order valence-electron chi connectivity index (χ1n) is 10.6. The molecule has 2 aromatic rings. The van der Waals surface area contributed by atoms with Crippen molar-refractivity contribution in [1.82, 2.24) is 9.55 Å². The molecule has 0 radical (unpaired) electrons. The molecule has 10 nitrogen and oxygen atoms in total. The number of rotatable bonds is 8. The van der Waals surface area contributed by atoms with Gasteiger partial charge in [-0.05, 0) is 25.5 Å². The molecular formula is C22H26FN3O7. The van der Waals surface area contributed by atoms with Crippen LogP contribution in [0.25, 0.3) is 0 Å². The second-order valence-corrected chi connectivity index (χ2v) is 7.55. The molecule has 0 unspecified atom stereocenters. The number of benzene rings is 1. The highest BCUT2D eigenvalue weighted by atomic mass is 19.1. The van der Waals surface area contributed by atoms with Gasteiger partial charge in [0.1, 0.15) is 6.10 Å². The van der Waals surface area contributed by atoms with E-state index < -0.39 is 53.9 Å². The summed E-state index contributed by atoms with van der Waals surface area (Å²) in [6.07, 6.45) is -2.41. The monoisotopic (exact) mass is 463 g/mol. The zero-order valence-corrected chi connectivity index (χ0v) is 18.3. The summed E-state index contributed by atoms with van der Waals surface area (Å²) < 4.78 is 31.1. The standard InChI is InChI=1S/C22H26FN3O7/c1-3-4-8-11-31-22(30)25-18-15(23)12-26(21(29)24-18)19-16(27)17(13(2)32-19)33-20(28)14-9-6-5-7-10-14/h5-7,9-10,12-13,16-17,19,27H,3-4,8,11H2,1-2H3,(H,24,25,29,30)/t13-,16-,17-,19-/m1/s1. The number of carbonyl (C=O) groups excluding carboxylic acids is 2. The van der Waals surface area contributed by atoms with Gasteiger partial charge in [-0.15, -0.1) is 0 Å². The number of anilines is 1. The summed E-state index contributed by atoms with van der Waals surface area (Å²) in [5, 5.41) is 12.7. The number of unbranched alkanes of at least 4 members (excludes halogenated alkanes) is 2. The van der Waals surface area contributed by atoms with Crippen LogP contribution < -0.4 is 11.0 Å². The summed E-state index contributed by atoms with van der Waals surface area (Å²) in [5.74, 6) is -2.32. The first-order valence-corrected chi connectivity index (χ1v) is 10.6. The minimum atomic E-state index is -1.46. The van der Waals surface area contributed by atoms with E-state index in [0.29, 0.717) is 6.42 Å². The number of nitrogens with zero attached hydrogens (tertiary/aromatic N) is 2. The van der Waals surface area contributed by atoms with Gasteiger partial charge in [0, 0.05) is 0 Å². The number of nitrogens with one attached hydrogen (secondary N) is 1. The lowest BCUT2D eigenvalue weighted by atomic mass is 10.1. The van der Waals surface area contributed by atoms with Crippen molar-refractivity contribution < 1.29 is 33.3 Å². The van der Waals surface area contributed by atoms with Gasteiger partial charge in [0.25, 0.3) is 0 Å². The highest BCUT2D eigenvalue weighted by molar-refractivity contribution is 5.89. The SMILES string of the molecule is CCCCCOC(=O)Nc1nc(=O)n([C@@H]2O[C@H](C)[C@@H](OC(=O)c3ccccc3)[C@H]2O)cc1F. The Morgan fingerprint density at radius 3 is 2.70 bits per heavy atom.